The summed E-state index contributed by atoms with van der Waals surface area (Å²) in [7, 11) is 1.64. The van der Waals surface area contributed by atoms with Crippen molar-refractivity contribution in [1.82, 2.24) is 9.78 Å². The normalized spacial score (nSPS) is 10.2. The molecule has 0 spiro atoms. The molecule has 3 N–H and O–H groups in total. The maximum Gasteiger partial charge on any atom is 0.121 e. The van der Waals surface area contributed by atoms with Crippen molar-refractivity contribution in [2.45, 2.75) is 6.54 Å². The van der Waals surface area contributed by atoms with Gasteiger partial charge < -0.3 is 15.8 Å². The van der Waals surface area contributed by atoms with Gasteiger partial charge in [0.15, 0.2) is 0 Å². The lowest BCUT2D eigenvalue weighted by atomic mass is 10.2. The molecule has 2 aromatic rings. The molecule has 2 rings (SSSR count). The number of anilines is 2. The summed E-state index contributed by atoms with van der Waals surface area (Å²) in [4.78, 5) is 0. The van der Waals surface area contributed by atoms with Crippen molar-refractivity contribution < 1.29 is 4.74 Å². The lowest BCUT2D eigenvalue weighted by Crippen LogP contribution is -2.11. The number of rotatable bonds is 5. The van der Waals surface area contributed by atoms with E-state index in [0.29, 0.717) is 5.69 Å². The van der Waals surface area contributed by atoms with Crippen LogP contribution < -0.4 is 15.8 Å². The summed E-state index contributed by atoms with van der Waals surface area (Å²) in [5.74, 6) is 0.792. The van der Waals surface area contributed by atoms with Crippen molar-refractivity contribution in [3.63, 3.8) is 0 Å². The van der Waals surface area contributed by atoms with Crippen LogP contribution in [0.5, 0.6) is 5.75 Å². The van der Waals surface area contributed by atoms with Gasteiger partial charge in [0.05, 0.1) is 25.0 Å². The number of benzene rings is 1. The largest absolute Gasteiger partial charge is 0.497 e. The van der Waals surface area contributed by atoms with Gasteiger partial charge >= 0.3 is 0 Å². The molecule has 0 radical (unpaired) electrons. The first-order chi connectivity index (χ1) is 8.29. The summed E-state index contributed by atoms with van der Waals surface area (Å²) >= 11 is 0. The van der Waals surface area contributed by atoms with Crippen molar-refractivity contribution >= 4 is 11.4 Å². The van der Waals surface area contributed by atoms with E-state index in [4.69, 9.17) is 10.5 Å². The van der Waals surface area contributed by atoms with Crippen LogP contribution >= 0.6 is 0 Å². The molecule has 90 valence electrons. The van der Waals surface area contributed by atoms with Gasteiger partial charge in [-0.05, 0) is 18.2 Å². The summed E-state index contributed by atoms with van der Waals surface area (Å²) in [5, 5.41) is 7.38. The summed E-state index contributed by atoms with van der Waals surface area (Å²) in [6.45, 7) is 1.56. The Hall–Kier alpha value is -2.17. The van der Waals surface area contributed by atoms with Crippen LogP contribution in [-0.2, 0) is 6.54 Å². The van der Waals surface area contributed by atoms with E-state index in [1.165, 1.54) is 0 Å². The molecule has 0 aliphatic rings. The number of hydrogen-bond acceptors (Lipinski definition) is 4. The Morgan fingerprint density at radius 1 is 1.47 bits per heavy atom. The quantitative estimate of drug-likeness (QED) is 0.768. The van der Waals surface area contributed by atoms with Crippen LogP contribution in [0, 0.1) is 0 Å². The number of hydrogen-bond donors (Lipinski definition) is 2. The predicted molar refractivity (Wildman–Crippen MR) is 68.1 cm³/mol. The Balaban J connectivity index is 1.94. The Kier molecular flexibility index (Phi) is 3.49. The van der Waals surface area contributed by atoms with Crippen molar-refractivity contribution in [3.8, 4) is 5.75 Å². The summed E-state index contributed by atoms with van der Waals surface area (Å²) in [6, 6.07) is 7.46. The van der Waals surface area contributed by atoms with Crippen molar-refractivity contribution in [1.29, 1.82) is 0 Å². The highest BCUT2D eigenvalue weighted by atomic mass is 16.5. The number of nitrogens with two attached hydrogens (primary N) is 1. The fourth-order valence-electron chi connectivity index (χ4n) is 1.55. The molecular formula is C12H16N4O. The molecule has 0 atom stereocenters. The first-order valence-electron chi connectivity index (χ1n) is 5.44. The molecule has 0 aliphatic heterocycles. The lowest BCUT2D eigenvalue weighted by Gasteiger charge is -2.10. The molecule has 0 bridgehead atoms. The molecule has 0 saturated carbocycles. The van der Waals surface area contributed by atoms with E-state index in [1.54, 1.807) is 13.3 Å². The number of nitrogens with one attached hydrogen (secondary N) is 1. The van der Waals surface area contributed by atoms with Gasteiger partial charge in [-0.15, -0.1) is 0 Å². The molecule has 5 nitrogen and oxygen atoms in total. The van der Waals surface area contributed by atoms with Gasteiger partial charge in [0, 0.05) is 25.0 Å². The second-order valence-electron chi connectivity index (χ2n) is 3.65. The molecule has 0 unspecified atom stereocenters. The second kappa shape index (κ2) is 5.25. The van der Waals surface area contributed by atoms with E-state index >= 15 is 0 Å². The molecule has 17 heavy (non-hydrogen) atoms. The molecule has 1 aromatic heterocycles. The number of aromatic nitrogens is 2. The standard InChI is InChI=1S/C12H16N4O/c1-17-10-3-4-11(13)12(9-10)14-6-8-16-7-2-5-15-16/h2-5,7,9,14H,6,8,13H2,1H3. The minimum absolute atomic E-state index is 0.714. The first-order valence-corrected chi connectivity index (χ1v) is 5.44. The van der Waals surface area contributed by atoms with Crippen molar-refractivity contribution in [2.24, 2.45) is 0 Å². The molecule has 0 saturated heterocycles. The van der Waals surface area contributed by atoms with Crippen LogP contribution in [0.2, 0.25) is 0 Å². The monoisotopic (exact) mass is 232 g/mol. The van der Waals surface area contributed by atoms with Crippen molar-refractivity contribution in [3.05, 3.63) is 36.7 Å². The summed E-state index contributed by atoms with van der Waals surface area (Å²) in [5.41, 5.74) is 7.46. The molecule has 1 heterocycles. The summed E-state index contributed by atoms with van der Waals surface area (Å²) in [6.07, 6.45) is 3.69. The third-order valence-corrected chi connectivity index (χ3v) is 2.48. The van der Waals surface area contributed by atoms with Crippen LogP contribution in [0.15, 0.2) is 36.7 Å². The highest BCUT2D eigenvalue weighted by molar-refractivity contribution is 5.68. The Bertz CT molecular complexity index is 467. The number of methoxy groups -OCH3 is 1. The van der Waals surface area contributed by atoms with E-state index in [-0.39, 0.29) is 0 Å². The predicted octanol–water partition coefficient (Wildman–Crippen LogP) is 1.59. The van der Waals surface area contributed by atoms with Crippen molar-refractivity contribution in [2.75, 3.05) is 24.7 Å². The number of nitrogen functional groups attached to an aromatic ring is 1. The second-order valence-corrected chi connectivity index (χ2v) is 3.65. The maximum absolute atomic E-state index is 5.86. The molecular weight excluding hydrogens is 216 g/mol. The fraction of sp³-hybridized carbons (Fsp3) is 0.250. The van der Waals surface area contributed by atoms with Gasteiger partial charge in [0.1, 0.15) is 5.75 Å². The lowest BCUT2D eigenvalue weighted by molar-refractivity contribution is 0.415. The highest BCUT2D eigenvalue weighted by Gasteiger charge is 2.00. The van der Waals surface area contributed by atoms with Gasteiger partial charge in [-0.25, -0.2) is 0 Å². The number of ether oxygens (including phenoxy) is 1. The van der Waals surface area contributed by atoms with Crippen LogP contribution in [-0.4, -0.2) is 23.4 Å². The van der Waals surface area contributed by atoms with E-state index in [2.05, 4.69) is 10.4 Å². The van der Waals surface area contributed by atoms with E-state index in [0.717, 1.165) is 24.5 Å². The molecule has 0 amide bonds. The van der Waals surface area contributed by atoms with Crippen LogP contribution in [0.4, 0.5) is 11.4 Å². The average Bonchev–Trinajstić information content (AvgIpc) is 2.84. The molecule has 0 fully saturated rings. The van der Waals surface area contributed by atoms with Gasteiger partial charge in [0.25, 0.3) is 0 Å². The molecule has 1 aromatic carbocycles. The summed E-state index contributed by atoms with van der Waals surface area (Å²) < 4.78 is 7.01. The molecule has 5 heteroatoms. The average molecular weight is 232 g/mol. The van der Waals surface area contributed by atoms with Crippen LogP contribution in [0.25, 0.3) is 0 Å². The minimum Gasteiger partial charge on any atom is -0.497 e. The SMILES string of the molecule is COc1ccc(N)c(NCCn2cccn2)c1. The van der Waals surface area contributed by atoms with Gasteiger partial charge in [-0.2, -0.15) is 5.10 Å². The topological polar surface area (TPSA) is 65.1 Å². The molecule has 0 aliphatic carbocycles. The smallest absolute Gasteiger partial charge is 0.121 e. The minimum atomic E-state index is 0.714. The maximum atomic E-state index is 5.86. The van der Waals surface area contributed by atoms with E-state index < -0.39 is 0 Å². The van der Waals surface area contributed by atoms with Gasteiger partial charge in [-0.1, -0.05) is 0 Å². The Labute approximate surface area is 100 Å². The third-order valence-electron chi connectivity index (χ3n) is 2.48. The Morgan fingerprint density at radius 2 is 2.35 bits per heavy atom. The zero-order chi connectivity index (χ0) is 12.1. The van der Waals surface area contributed by atoms with Crippen LogP contribution in [0.1, 0.15) is 0 Å². The zero-order valence-corrected chi connectivity index (χ0v) is 9.76. The Morgan fingerprint density at radius 3 is 3.06 bits per heavy atom. The first kappa shape index (κ1) is 11.3. The zero-order valence-electron chi connectivity index (χ0n) is 9.76. The van der Waals surface area contributed by atoms with Gasteiger partial charge in [0.2, 0.25) is 0 Å². The third kappa shape index (κ3) is 2.90. The van der Waals surface area contributed by atoms with Gasteiger partial charge in [-0.3, -0.25) is 4.68 Å². The fourth-order valence-corrected chi connectivity index (χ4v) is 1.55. The number of nitrogens with zero attached hydrogens (tertiary/aromatic N) is 2. The van der Waals surface area contributed by atoms with E-state index in [1.807, 2.05) is 35.1 Å². The van der Waals surface area contributed by atoms with Crippen LogP contribution in [0.3, 0.4) is 0 Å². The van der Waals surface area contributed by atoms with E-state index in [9.17, 15) is 0 Å². The highest BCUT2D eigenvalue weighted by Crippen LogP contribution is 2.23.